The van der Waals surface area contributed by atoms with Crippen LogP contribution in [0.1, 0.15) is 25.7 Å². The first kappa shape index (κ1) is 25.4. The van der Waals surface area contributed by atoms with E-state index in [1.807, 2.05) is 0 Å². The zero-order chi connectivity index (χ0) is 26.4. The zero-order valence-corrected chi connectivity index (χ0v) is 22.4. The van der Waals surface area contributed by atoms with Gasteiger partial charge in [-0.2, -0.15) is 9.97 Å². The first-order valence-electron chi connectivity index (χ1n) is 12.7. The number of nitrogen functional groups attached to an aromatic ring is 1. The highest BCUT2D eigenvalue weighted by molar-refractivity contribution is 7.22. The number of nitrogens with one attached hydrogen (secondary N) is 2. The summed E-state index contributed by atoms with van der Waals surface area (Å²) in [5, 5.41) is 7.60. The second-order valence-corrected chi connectivity index (χ2v) is 11.3. The summed E-state index contributed by atoms with van der Waals surface area (Å²) in [4.78, 5) is 15.6. The Morgan fingerprint density at radius 2 is 2.08 bits per heavy atom. The van der Waals surface area contributed by atoms with Crippen LogP contribution < -0.4 is 21.1 Å². The first-order valence-corrected chi connectivity index (χ1v) is 13.9. The molecule has 2 aromatic heterocycles. The van der Waals surface area contributed by atoms with Gasteiger partial charge in [0.1, 0.15) is 23.8 Å². The van der Waals surface area contributed by atoms with Gasteiger partial charge in [-0.05, 0) is 64.0 Å². The largest absolute Gasteiger partial charge is 0.462 e. The van der Waals surface area contributed by atoms with Crippen LogP contribution in [0.15, 0.2) is 18.2 Å². The van der Waals surface area contributed by atoms with Gasteiger partial charge in [0.05, 0.1) is 15.2 Å². The summed E-state index contributed by atoms with van der Waals surface area (Å²) in [5.41, 5.74) is 6.61. The lowest BCUT2D eigenvalue weighted by atomic mass is 10.0. The van der Waals surface area contributed by atoms with Gasteiger partial charge < -0.3 is 26.0 Å². The van der Waals surface area contributed by atoms with Crippen molar-refractivity contribution in [2.45, 2.75) is 37.8 Å². The van der Waals surface area contributed by atoms with E-state index >= 15 is 4.39 Å². The number of ether oxygens (including phenoxy) is 1. The molecule has 2 saturated heterocycles. The minimum Gasteiger partial charge on any atom is -0.462 e. The van der Waals surface area contributed by atoms with Crippen LogP contribution >= 0.6 is 22.9 Å². The van der Waals surface area contributed by atoms with Crippen molar-refractivity contribution in [3.8, 4) is 17.1 Å². The molecule has 8 nitrogen and oxygen atoms in total. The van der Waals surface area contributed by atoms with E-state index in [0.717, 1.165) is 56.7 Å². The molecular formula is C26H28ClF2N7OS. The van der Waals surface area contributed by atoms with E-state index in [4.69, 9.17) is 22.1 Å². The zero-order valence-electron chi connectivity index (χ0n) is 20.9. The molecule has 2 atom stereocenters. The van der Waals surface area contributed by atoms with Crippen LogP contribution in [0, 0.1) is 11.6 Å². The summed E-state index contributed by atoms with van der Waals surface area (Å²) in [6, 6.07) is 4.85. The fourth-order valence-electron chi connectivity index (χ4n) is 5.32. The molecule has 4 heterocycles. The van der Waals surface area contributed by atoms with E-state index in [1.165, 1.54) is 12.1 Å². The van der Waals surface area contributed by atoms with Gasteiger partial charge in [0.15, 0.2) is 10.9 Å². The molecule has 2 aliphatic heterocycles. The van der Waals surface area contributed by atoms with Gasteiger partial charge in [0.2, 0.25) is 0 Å². The van der Waals surface area contributed by atoms with E-state index in [2.05, 4.69) is 37.5 Å². The number of piperidine rings is 1. The third-order valence-electron chi connectivity index (χ3n) is 7.36. The molecule has 2 unspecified atom stereocenters. The van der Waals surface area contributed by atoms with E-state index in [0.29, 0.717) is 23.4 Å². The summed E-state index contributed by atoms with van der Waals surface area (Å²) in [5.74, 6) is -0.659. The molecule has 0 bridgehead atoms. The molecule has 0 spiro atoms. The number of nitrogens with two attached hydrogens (primary N) is 1. The van der Waals surface area contributed by atoms with Crippen molar-refractivity contribution in [3.63, 3.8) is 0 Å². The van der Waals surface area contributed by atoms with Crippen molar-refractivity contribution in [2.75, 3.05) is 44.3 Å². The maximum Gasteiger partial charge on any atom is 0.319 e. The molecule has 2 aliphatic rings. The van der Waals surface area contributed by atoms with Crippen LogP contribution in [0.25, 0.3) is 32.2 Å². The van der Waals surface area contributed by atoms with Crippen molar-refractivity contribution in [2.24, 2.45) is 0 Å². The average molecular weight is 560 g/mol. The predicted molar refractivity (Wildman–Crippen MR) is 148 cm³/mol. The van der Waals surface area contributed by atoms with E-state index in [1.54, 1.807) is 6.07 Å². The minimum absolute atomic E-state index is 0.0705. The number of halogens is 3. The number of aromatic nitrogens is 3. The Balaban J connectivity index is 1.47. The van der Waals surface area contributed by atoms with Gasteiger partial charge >= 0.3 is 6.01 Å². The maximum atomic E-state index is 16.4. The Hall–Kier alpha value is -2.86. The van der Waals surface area contributed by atoms with Crippen LogP contribution in [-0.2, 0) is 0 Å². The van der Waals surface area contributed by atoms with Gasteiger partial charge in [0.25, 0.3) is 0 Å². The second-order valence-electron chi connectivity index (χ2n) is 9.90. The van der Waals surface area contributed by atoms with Crippen molar-refractivity contribution in [3.05, 3.63) is 34.9 Å². The number of nitrogens with zero attached hydrogens (tertiary/aromatic N) is 4. The number of anilines is 2. The number of benzene rings is 2. The molecule has 4 aromatic rings. The minimum atomic E-state index is -0.651. The van der Waals surface area contributed by atoms with Crippen LogP contribution in [0.3, 0.4) is 0 Å². The highest BCUT2D eigenvalue weighted by Crippen LogP contribution is 2.42. The molecular weight excluding hydrogens is 532 g/mol. The number of fused-ring (bicyclic) bond motifs is 2. The lowest BCUT2D eigenvalue weighted by molar-refractivity contribution is 0.188. The Bertz CT molecular complexity index is 1510. The van der Waals surface area contributed by atoms with Crippen molar-refractivity contribution < 1.29 is 13.5 Å². The summed E-state index contributed by atoms with van der Waals surface area (Å²) in [6.07, 6.45) is 4.10. The van der Waals surface area contributed by atoms with Crippen molar-refractivity contribution in [1.29, 1.82) is 0 Å². The van der Waals surface area contributed by atoms with E-state index < -0.39 is 11.6 Å². The molecule has 0 saturated carbocycles. The van der Waals surface area contributed by atoms with Crippen LogP contribution in [0.4, 0.5) is 19.7 Å². The quantitative estimate of drug-likeness (QED) is 0.301. The molecule has 2 fully saturated rings. The van der Waals surface area contributed by atoms with Gasteiger partial charge in [-0.15, -0.1) is 0 Å². The number of likely N-dealkylation sites (tertiary alicyclic amines) is 1. The van der Waals surface area contributed by atoms with Crippen LogP contribution in [0.2, 0.25) is 5.02 Å². The number of likely N-dealkylation sites (N-methyl/N-ethyl adjacent to an activating group) is 1. The number of rotatable bonds is 6. The van der Waals surface area contributed by atoms with Gasteiger partial charge in [-0.1, -0.05) is 22.9 Å². The Morgan fingerprint density at radius 1 is 1.21 bits per heavy atom. The Morgan fingerprint density at radius 3 is 2.84 bits per heavy atom. The lowest BCUT2D eigenvalue weighted by Crippen LogP contribution is -2.38. The molecule has 6 rings (SSSR count). The molecule has 0 radical (unpaired) electrons. The van der Waals surface area contributed by atoms with Crippen molar-refractivity contribution >= 4 is 55.0 Å². The SMILES string of the molecule is CN1CCCC1COc1nc(NC2CCCNC2)c2cc(Cl)c(-c3ccc(F)c4sc(N)nc34)c(F)c2n1. The molecule has 38 heavy (non-hydrogen) atoms. The number of hydrogen-bond acceptors (Lipinski definition) is 9. The summed E-state index contributed by atoms with van der Waals surface area (Å²) in [6.45, 7) is 3.15. The topological polar surface area (TPSA) is 101 Å². The van der Waals surface area contributed by atoms with E-state index in [9.17, 15) is 4.39 Å². The molecule has 2 aromatic carbocycles. The molecule has 4 N–H and O–H groups in total. The third kappa shape index (κ3) is 4.72. The molecule has 200 valence electrons. The standard InChI is InChI=1S/C26H28ClF2N7OS/c1-36-9-3-5-14(36)12-37-26-34-21-16(24(35-26)32-13-4-2-8-31-11-13)10-17(27)19(20(21)29)15-6-7-18(28)23-22(15)33-25(30)38-23/h6-7,10,13-14,31H,2-5,8-9,11-12H2,1H3,(H2,30,33)(H,32,34,35). The predicted octanol–water partition coefficient (Wildman–Crippen LogP) is 5.06. The third-order valence-corrected chi connectivity index (χ3v) is 8.55. The summed E-state index contributed by atoms with van der Waals surface area (Å²) >= 11 is 7.69. The molecule has 0 amide bonds. The molecule has 12 heteroatoms. The lowest BCUT2D eigenvalue weighted by Gasteiger charge is -2.25. The average Bonchev–Trinajstić information content (AvgIpc) is 3.50. The van der Waals surface area contributed by atoms with E-state index in [-0.39, 0.29) is 49.5 Å². The highest BCUT2D eigenvalue weighted by atomic mass is 35.5. The smallest absolute Gasteiger partial charge is 0.319 e. The monoisotopic (exact) mass is 559 g/mol. The van der Waals surface area contributed by atoms with Gasteiger partial charge in [0, 0.05) is 35.1 Å². The molecule has 0 aliphatic carbocycles. The second kappa shape index (κ2) is 10.4. The van der Waals surface area contributed by atoms with Gasteiger partial charge in [-0.3, -0.25) is 0 Å². The fraction of sp³-hybridized carbons (Fsp3) is 0.423. The van der Waals surface area contributed by atoms with Crippen LogP contribution in [0.5, 0.6) is 6.01 Å². The highest BCUT2D eigenvalue weighted by Gasteiger charge is 2.26. The van der Waals surface area contributed by atoms with Gasteiger partial charge in [-0.25, -0.2) is 13.8 Å². The summed E-state index contributed by atoms with van der Waals surface area (Å²) in [7, 11) is 2.06. The summed E-state index contributed by atoms with van der Waals surface area (Å²) < 4.78 is 37.1. The van der Waals surface area contributed by atoms with Crippen molar-refractivity contribution in [1.82, 2.24) is 25.2 Å². The first-order chi connectivity index (χ1) is 18.4. The number of hydrogen-bond donors (Lipinski definition) is 3. The normalized spacial score (nSPS) is 20.4. The Labute approximate surface area is 227 Å². The number of thiazole rings is 1. The maximum absolute atomic E-state index is 16.4. The van der Waals surface area contributed by atoms with Crippen LogP contribution in [-0.4, -0.2) is 65.2 Å². The Kier molecular flexibility index (Phi) is 6.93. The fourth-order valence-corrected chi connectivity index (χ4v) is 6.38.